The highest BCUT2D eigenvalue weighted by atomic mass is 16.6. The van der Waals surface area contributed by atoms with Crippen LogP contribution in [0.1, 0.15) is 12.5 Å². The number of carbonyl (C=O) groups is 1. The van der Waals surface area contributed by atoms with Gasteiger partial charge >= 0.3 is 11.7 Å². The second-order valence-electron chi connectivity index (χ2n) is 5.07. The van der Waals surface area contributed by atoms with Crippen molar-refractivity contribution in [2.45, 2.75) is 19.9 Å². The van der Waals surface area contributed by atoms with Gasteiger partial charge in [0, 0.05) is 12.3 Å². The Morgan fingerprint density at radius 3 is 3.00 bits per heavy atom. The standard InChI is InChI=1S/C12H15N3O5/c1-7-3-8(15(18)19)10(13-4-7)14-9-5-20-6-12(9,2)11(16)17/h3-4,9H,5-6H2,1-2H3,(H,13,14)(H,16,17). The van der Waals surface area contributed by atoms with E-state index < -0.39 is 22.3 Å². The fourth-order valence-electron chi connectivity index (χ4n) is 2.05. The summed E-state index contributed by atoms with van der Waals surface area (Å²) in [6, 6.07) is 0.817. The minimum atomic E-state index is -1.14. The SMILES string of the molecule is Cc1cnc(NC2COCC2(C)C(=O)O)c([N+](=O)[O-])c1. The molecule has 108 valence electrons. The van der Waals surface area contributed by atoms with Gasteiger partial charge in [0.15, 0.2) is 0 Å². The molecule has 0 radical (unpaired) electrons. The average molecular weight is 281 g/mol. The van der Waals surface area contributed by atoms with Crippen molar-refractivity contribution in [2.75, 3.05) is 18.5 Å². The van der Waals surface area contributed by atoms with Crippen LogP contribution in [0.5, 0.6) is 0 Å². The van der Waals surface area contributed by atoms with Gasteiger partial charge in [-0.25, -0.2) is 4.98 Å². The van der Waals surface area contributed by atoms with Gasteiger partial charge in [-0.05, 0) is 19.4 Å². The molecular weight excluding hydrogens is 266 g/mol. The summed E-state index contributed by atoms with van der Waals surface area (Å²) in [5, 5.41) is 23.1. The predicted molar refractivity (Wildman–Crippen MR) is 69.6 cm³/mol. The molecule has 2 unspecified atom stereocenters. The molecule has 0 aromatic carbocycles. The number of aromatic nitrogens is 1. The zero-order valence-electron chi connectivity index (χ0n) is 11.1. The van der Waals surface area contributed by atoms with Crippen molar-refractivity contribution in [1.82, 2.24) is 4.98 Å². The molecule has 1 aliphatic heterocycles. The van der Waals surface area contributed by atoms with Gasteiger partial charge in [-0.15, -0.1) is 0 Å². The molecule has 0 saturated carbocycles. The van der Waals surface area contributed by atoms with Crippen molar-refractivity contribution in [3.63, 3.8) is 0 Å². The molecule has 0 spiro atoms. The largest absolute Gasteiger partial charge is 0.481 e. The smallest absolute Gasteiger partial charge is 0.313 e. The zero-order valence-corrected chi connectivity index (χ0v) is 11.1. The number of nitro groups is 1. The van der Waals surface area contributed by atoms with Gasteiger partial charge < -0.3 is 15.2 Å². The molecule has 2 atom stereocenters. The van der Waals surface area contributed by atoms with Gasteiger partial charge in [0.25, 0.3) is 0 Å². The average Bonchev–Trinajstić information content (AvgIpc) is 2.74. The van der Waals surface area contributed by atoms with Gasteiger partial charge in [-0.3, -0.25) is 14.9 Å². The van der Waals surface area contributed by atoms with Crippen molar-refractivity contribution in [3.8, 4) is 0 Å². The van der Waals surface area contributed by atoms with E-state index in [1.54, 1.807) is 13.8 Å². The number of anilines is 1. The maximum absolute atomic E-state index is 11.3. The van der Waals surface area contributed by atoms with Crippen LogP contribution in [0.4, 0.5) is 11.5 Å². The summed E-state index contributed by atoms with van der Waals surface area (Å²) in [5.74, 6) is -0.953. The first-order valence-corrected chi connectivity index (χ1v) is 6.03. The van der Waals surface area contributed by atoms with Crippen LogP contribution in [-0.2, 0) is 9.53 Å². The summed E-state index contributed by atoms with van der Waals surface area (Å²) in [6.45, 7) is 3.46. The van der Waals surface area contributed by atoms with Gasteiger partial charge in [0.2, 0.25) is 5.82 Å². The first-order chi connectivity index (χ1) is 9.34. The summed E-state index contributed by atoms with van der Waals surface area (Å²) < 4.78 is 5.19. The van der Waals surface area contributed by atoms with E-state index in [0.717, 1.165) is 0 Å². The van der Waals surface area contributed by atoms with Crippen molar-refractivity contribution < 1.29 is 19.6 Å². The van der Waals surface area contributed by atoms with E-state index in [1.165, 1.54) is 12.3 Å². The summed E-state index contributed by atoms with van der Waals surface area (Å²) in [6.07, 6.45) is 1.49. The Morgan fingerprint density at radius 2 is 2.40 bits per heavy atom. The molecule has 0 amide bonds. The van der Waals surface area contributed by atoms with E-state index >= 15 is 0 Å². The molecule has 1 fully saturated rings. The van der Waals surface area contributed by atoms with E-state index in [9.17, 15) is 20.0 Å². The molecule has 1 saturated heterocycles. The van der Waals surface area contributed by atoms with Crippen LogP contribution in [0.25, 0.3) is 0 Å². The van der Waals surface area contributed by atoms with Gasteiger partial charge in [-0.2, -0.15) is 0 Å². The van der Waals surface area contributed by atoms with Crippen molar-refractivity contribution in [3.05, 3.63) is 27.9 Å². The van der Waals surface area contributed by atoms with Crippen molar-refractivity contribution >= 4 is 17.5 Å². The molecule has 20 heavy (non-hydrogen) atoms. The quantitative estimate of drug-likeness (QED) is 0.629. The highest BCUT2D eigenvalue weighted by molar-refractivity contribution is 5.77. The number of ether oxygens (including phenoxy) is 1. The number of aryl methyl sites for hydroxylation is 1. The number of nitrogens with zero attached hydrogens (tertiary/aromatic N) is 2. The molecule has 2 N–H and O–H groups in total. The Kier molecular flexibility index (Phi) is 3.58. The third kappa shape index (κ3) is 2.42. The lowest BCUT2D eigenvalue weighted by molar-refractivity contribution is -0.384. The number of carboxylic acid groups (broad SMARTS) is 1. The van der Waals surface area contributed by atoms with Crippen molar-refractivity contribution in [1.29, 1.82) is 0 Å². The zero-order chi connectivity index (χ0) is 14.9. The van der Waals surface area contributed by atoms with Crippen LogP contribution >= 0.6 is 0 Å². The fourth-order valence-corrected chi connectivity index (χ4v) is 2.05. The molecule has 0 aliphatic carbocycles. The molecular formula is C12H15N3O5. The Hall–Kier alpha value is -2.22. The highest BCUT2D eigenvalue weighted by Crippen LogP contribution is 2.33. The summed E-state index contributed by atoms with van der Waals surface area (Å²) in [4.78, 5) is 25.8. The van der Waals surface area contributed by atoms with E-state index in [-0.39, 0.29) is 24.7 Å². The summed E-state index contributed by atoms with van der Waals surface area (Å²) >= 11 is 0. The molecule has 1 aromatic rings. The Labute approximate surface area is 114 Å². The van der Waals surface area contributed by atoms with Crippen LogP contribution in [0.15, 0.2) is 12.3 Å². The molecule has 8 heteroatoms. The van der Waals surface area contributed by atoms with Crippen LogP contribution in [0, 0.1) is 22.5 Å². The van der Waals surface area contributed by atoms with Crippen molar-refractivity contribution in [2.24, 2.45) is 5.41 Å². The number of pyridine rings is 1. The van der Waals surface area contributed by atoms with Crippen LogP contribution in [0.3, 0.4) is 0 Å². The molecule has 1 aliphatic rings. The lowest BCUT2D eigenvalue weighted by Crippen LogP contribution is -2.43. The van der Waals surface area contributed by atoms with Gasteiger partial charge in [0.1, 0.15) is 5.41 Å². The predicted octanol–water partition coefficient (Wildman–Crippen LogP) is 1.20. The molecule has 8 nitrogen and oxygen atoms in total. The summed E-state index contributed by atoms with van der Waals surface area (Å²) in [7, 11) is 0. The van der Waals surface area contributed by atoms with Crippen LogP contribution < -0.4 is 5.32 Å². The molecule has 1 aromatic heterocycles. The monoisotopic (exact) mass is 281 g/mol. The van der Waals surface area contributed by atoms with Crippen LogP contribution in [0.2, 0.25) is 0 Å². The second kappa shape index (κ2) is 5.04. The third-order valence-electron chi connectivity index (χ3n) is 3.46. The van der Waals surface area contributed by atoms with E-state index in [4.69, 9.17) is 4.74 Å². The Morgan fingerprint density at radius 1 is 1.70 bits per heavy atom. The highest BCUT2D eigenvalue weighted by Gasteiger charge is 2.47. The van der Waals surface area contributed by atoms with E-state index in [0.29, 0.717) is 5.56 Å². The number of carboxylic acids is 1. The third-order valence-corrected chi connectivity index (χ3v) is 3.46. The topological polar surface area (TPSA) is 115 Å². The lowest BCUT2D eigenvalue weighted by atomic mass is 9.85. The number of hydrogen-bond donors (Lipinski definition) is 2. The van der Waals surface area contributed by atoms with Gasteiger partial charge in [0.05, 0.1) is 24.2 Å². The summed E-state index contributed by atoms with van der Waals surface area (Å²) in [5.41, 5.74) is -0.656. The number of nitrogens with one attached hydrogen (secondary N) is 1. The lowest BCUT2D eigenvalue weighted by Gasteiger charge is -2.25. The first-order valence-electron chi connectivity index (χ1n) is 6.03. The van der Waals surface area contributed by atoms with Crippen LogP contribution in [-0.4, -0.2) is 40.2 Å². The van der Waals surface area contributed by atoms with E-state index in [2.05, 4.69) is 10.3 Å². The molecule has 2 rings (SSSR count). The number of rotatable bonds is 4. The Balaban J connectivity index is 2.31. The maximum atomic E-state index is 11.3. The van der Waals surface area contributed by atoms with E-state index in [1.807, 2.05) is 0 Å². The maximum Gasteiger partial charge on any atom is 0.313 e. The molecule has 2 heterocycles. The minimum absolute atomic E-state index is 0.0552. The second-order valence-corrected chi connectivity index (χ2v) is 5.07. The molecule has 0 bridgehead atoms. The first kappa shape index (κ1) is 14.2. The normalized spacial score (nSPS) is 25.4. The number of hydrogen-bond acceptors (Lipinski definition) is 6. The van der Waals surface area contributed by atoms with Gasteiger partial charge in [-0.1, -0.05) is 0 Å². The Bertz CT molecular complexity index is 562. The fraction of sp³-hybridized carbons (Fsp3) is 0.500. The minimum Gasteiger partial charge on any atom is -0.481 e. The number of aliphatic carboxylic acids is 1.